The largest absolute Gasteiger partial charge is 0.365 e. The fourth-order valence-electron chi connectivity index (χ4n) is 1.77. The normalized spacial score (nSPS) is 10.8. The van der Waals surface area contributed by atoms with Crippen LogP contribution < -0.4 is 5.32 Å². The van der Waals surface area contributed by atoms with Crippen LogP contribution >= 0.6 is 27.3 Å². The summed E-state index contributed by atoms with van der Waals surface area (Å²) < 4.78 is 15.1. The van der Waals surface area contributed by atoms with E-state index in [1.54, 1.807) is 17.4 Å². The fourth-order valence-corrected chi connectivity index (χ4v) is 2.97. The van der Waals surface area contributed by atoms with Gasteiger partial charge in [0.2, 0.25) is 0 Å². The summed E-state index contributed by atoms with van der Waals surface area (Å²) in [4.78, 5) is 8.40. The van der Waals surface area contributed by atoms with Crippen LogP contribution in [-0.4, -0.2) is 9.97 Å². The lowest BCUT2D eigenvalue weighted by molar-refractivity contribution is 0.625. The molecule has 2 aromatic heterocycles. The number of fused-ring (bicyclic) bond motifs is 1. The van der Waals surface area contributed by atoms with Gasteiger partial charge in [-0.15, -0.1) is 11.3 Å². The van der Waals surface area contributed by atoms with Crippen LogP contribution in [0.4, 0.5) is 10.2 Å². The van der Waals surface area contributed by atoms with Gasteiger partial charge in [-0.25, -0.2) is 14.4 Å². The molecule has 1 N–H and O–H groups in total. The number of halogens is 2. The van der Waals surface area contributed by atoms with Crippen molar-refractivity contribution in [1.82, 2.24) is 9.97 Å². The zero-order valence-electron chi connectivity index (χ0n) is 9.73. The highest BCUT2D eigenvalue weighted by Crippen LogP contribution is 2.26. The van der Waals surface area contributed by atoms with Gasteiger partial charge < -0.3 is 5.32 Å². The summed E-state index contributed by atoms with van der Waals surface area (Å²) in [7, 11) is 0. The predicted molar refractivity (Wildman–Crippen MR) is 78.8 cm³/mol. The third-order valence-electron chi connectivity index (χ3n) is 2.70. The quantitative estimate of drug-likeness (QED) is 0.778. The Morgan fingerprint density at radius 3 is 3.05 bits per heavy atom. The van der Waals surface area contributed by atoms with Crippen molar-refractivity contribution >= 4 is 43.3 Å². The van der Waals surface area contributed by atoms with Crippen LogP contribution in [0.1, 0.15) is 5.56 Å². The van der Waals surface area contributed by atoms with Gasteiger partial charge >= 0.3 is 0 Å². The van der Waals surface area contributed by atoms with E-state index in [0.29, 0.717) is 6.54 Å². The predicted octanol–water partition coefficient (Wildman–Crippen LogP) is 4.21. The maximum Gasteiger partial charge on any atom is 0.147 e. The van der Waals surface area contributed by atoms with E-state index in [0.717, 1.165) is 26.1 Å². The van der Waals surface area contributed by atoms with Crippen LogP contribution in [-0.2, 0) is 6.54 Å². The Balaban J connectivity index is 1.86. The molecule has 0 aliphatic rings. The van der Waals surface area contributed by atoms with E-state index in [9.17, 15) is 4.39 Å². The highest BCUT2D eigenvalue weighted by molar-refractivity contribution is 9.10. The van der Waals surface area contributed by atoms with Gasteiger partial charge in [-0.3, -0.25) is 0 Å². The van der Waals surface area contributed by atoms with Crippen molar-refractivity contribution in [3.8, 4) is 0 Å². The van der Waals surface area contributed by atoms with Gasteiger partial charge in [-0.05, 0) is 35.2 Å². The van der Waals surface area contributed by atoms with E-state index < -0.39 is 0 Å². The van der Waals surface area contributed by atoms with Gasteiger partial charge in [0.05, 0.1) is 10.2 Å². The number of thiophene rings is 1. The molecule has 96 valence electrons. The third kappa shape index (κ3) is 2.59. The number of nitrogens with zero attached hydrogens (tertiary/aromatic N) is 2. The minimum absolute atomic E-state index is 0.246. The number of hydrogen-bond acceptors (Lipinski definition) is 4. The summed E-state index contributed by atoms with van der Waals surface area (Å²) in [5, 5.41) is 5.20. The lowest BCUT2D eigenvalue weighted by Crippen LogP contribution is -2.02. The molecule has 3 aromatic rings. The smallest absolute Gasteiger partial charge is 0.147 e. The Morgan fingerprint density at radius 2 is 2.16 bits per heavy atom. The van der Waals surface area contributed by atoms with E-state index in [-0.39, 0.29) is 5.82 Å². The summed E-state index contributed by atoms with van der Waals surface area (Å²) in [6.07, 6.45) is 1.53. The highest BCUT2D eigenvalue weighted by atomic mass is 79.9. The van der Waals surface area contributed by atoms with Gasteiger partial charge in [0.1, 0.15) is 18.0 Å². The minimum atomic E-state index is -0.246. The minimum Gasteiger partial charge on any atom is -0.365 e. The molecule has 0 amide bonds. The average Bonchev–Trinajstić information content (AvgIpc) is 2.88. The summed E-state index contributed by atoms with van der Waals surface area (Å²) in [6, 6.07) is 6.58. The number of rotatable bonds is 3. The number of hydrogen-bond donors (Lipinski definition) is 1. The first-order chi connectivity index (χ1) is 9.24. The molecule has 2 heterocycles. The van der Waals surface area contributed by atoms with Crippen LogP contribution in [0.3, 0.4) is 0 Å². The van der Waals surface area contributed by atoms with Crippen molar-refractivity contribution in [1.29, 1.82) is 0 Å². The number of anilines is 1. The van der Waals surface area contributed by atoms with Crippen molar-refractivity contribution in [3.63, 3.8) is 0 Å². The zero-order chi connectivity index (χ0) is 13.2. The van der Waals surface area contributed by atoms with Crippen molar-refractivity contribution < 1.29 is 4.39 Å². The highest BCUT2D eigenvalue weighted by Gasteiger charge is 2.06. The standard InChI is InChI=1S/C13H9BrFN3S/c14-10-2-1-9(15)5-8(10)6-16-13-12-11(3-4-19-12)17-7-18-13/h1-5,7H,6H2,(H,16,17,18). The molecule has 0 atom stereocenters. The van der Waals surface area contributed by atoms with Crippen molar-refractivity contribution in [3.05, 3.63) is 51.8 Å². The SMILES string of the molecule is Fc1ccc(Br)c(CNc2ncnc3ccsc23)c1. The van der Waals surface area contributed by atoms with E-state index in [1.807, 2.05) is 11.4 Å². The van der Waals surface area contributed by atoms with Gasteiger partial charge in [-0.2, -0.15) is 0 Å². The van der Waals surface area contributed by atoms with Crippen molar-refractivity contribution in [2.24, 2.45) is 0 Å². The molecule has 0 spiro atoms. The van der Waals surface area contributed by atoms with Crippen LogP contribution in [0, 0.1) is 5.82 Å². The first kappa shape index (κ1) is 12.5. The Morgan fingerprint density at radius 1 is 1.26 bits per heavy atom. The molecule has 0 unspecified atom stereocenters. The monoisotopic (exact) mass is 337 g/mol. The molecule has 0 bridgehead atoms. The first-order valence-corrected chi connectivity index (χ1v) is 7.27. The maximum atomic E-state index is 13.2. The van der Waals surface area contributed by atoms with E-state index in [1.165, 1.54) is 18.5 Å². The lowest BCUT2D eigenvalue weighted by Gasteiger charge is -2.08. The number of aromatic nitrogens is 2. The summed E-state index contributed by atoms with van der Waals surface area (Å²) in [6.45, 7) is 0.502. The summed E-state index contributed by atoms with van der Waals surface area (Å²) in [5.74, 6) is 0.528. The van der Waals surface area contributed by atoms with E-state index >= 15 is 0 Å². The van der Waals surface area contributed by atoms with E-state index in [4.69, 9.17) is 0 Å². The molecule has 0 aliphatic carbocycles. The molecular weight excluding hydrogens is 329 g/mol. The van der Waals surface area contributed by atoms with Crippen LogP contribution in [0.5, 0.6) is 0 Å². The van der Waals surface area contributed by atoms with Gasteiger partial charge in [-0.1, -0.05) is 15.9 Å². The Labute approximate surface area is 121 Å². The second kappa shape index (κ2) is 5.22. The van der Waals surface area contributed by atoms with E-state index in [2.05, 4.69) is 31.2 Å². The molecule has 0 saturated carbocycles. The molecule has 0 radical (unpaired) electrons. The maximum absolute atomic E-state index is 13.2. The Kier molecular flexibility index (Phi) is 3.44. The second-order valence-electron chi connectivity index (χ2n) is 3.95. The molecular formula is C13H9BrFN3S. The van der Waals surface area contributed by atoms with Crippen molar-refractivity contribution in [2.75, 3.05) is 5.32 Å². The summed E-state index contributed by atoms with van der Waals surface area (Å²) in [5.41, 5.74) is 1.77. The molecule has 0 aliphatic heterocycles. The van der Waals surface area contributed by atoms with Gasteiger partial charge in [0.25, 0.3) is 0 Å². The molecule has 0 fully saturated rings. The van der Waals surface area contributed by atoms with Crippen LogP contribution in [0.15, 0.2) is 40.4 Å². The topological polar surface area (TPSA) is 37.8 Å². The van der Waals surface area contributed by atoms with Crippen LogP contribution in [0.2, 0.25) is 0 Å². The average molecular weight is 338 g/mol. The molecule has 3 rings (SSSR count). The van der Waals surface area contributed by atoms with Gasteiger partial charge in [0.15, 0.2) is 0 Å². The Bertz CT molecular complexity index is 729. The summed E-state index contributed by atoms with van der Waals surface area (Å²) >= 11 is 4.99. The molecule has 3 nitrogen and oxygen atoms in total. The third-order valence-corrected chi connectivity index (χ3v) is 4.38. The lowest BCUT2D eigenvalue weighted by atomic mass is 10.2. The molecule has 6 heteroatoms. The number of benzene rings is 1. The van der Waals surface area contributed by atoms with Gasteiger partial charge in [0, 0.05) is 11.0 Å². The molecule has 19 heavy (non-hydrogen) atoms. The zero-order valence-corrected chi connectivity index (χ0v) is 12.1. The second-order valence-corrected chi connectivity index (χ2v) is 5.72. The van der Waals surface area contributed by atoms with Crippen LogP contribution in [0.25, 0.3) is 10.2 Å². The fraction of sp³-hybridized carbons (Fsp3) is 0.0769. The first-order valence-electron chi connectivity index (χ1n) is 5.60. The Hall–Kier alpha value is -1.53. The number of nitrogens with one attached hydrogen (secondary N) is 1. The molecule has 1 aromatic carbocycles. The van der Waals surface area contributed by atoms with Crippen molar-refractivity contribution in [2.45, 2.75) is 6.54 Å². The molecule has 0 saturated heterocycles.